The van der Waals surface area contributed by atoms with E-state index in [0.717, 1.165) is 59.1 Å². The van der Waals surface area contributed by atoms with Gasteiger partial charge in [0, 0.05) is 41.7 Å². The largest absolute Gasteiger partial charge is 0.471 e. The molecule has 3 atom stereocenters. The lowest BCUT2D eigenvalue weighted by Gasteiger charge is -2.27. The van der Waals surface area contributed by atoms with Gasteiger partial charge in [0.1, 0.15) is 11.7 Å². The number of ether oxygens (including phenoxy) is 2. The predicted octanol–water partition coefficient (Wildman–Crippen LogP) is 4.79. The Hall–Kier alpha value is -3.06. The summed E-state index contributed by atoms with van der Waals surface area (Å²) < 4.78 is 11.7. The topological polar surface area (TPSA) is 100 Å². The molecular weight excluding hydrogens is 440 g/mol. The van der Waals surface area contributed by atoms with Crippen LogP contribution in [0.1, 0.15) is 92.3 Å². The van der Waals surface area contributed by atoms with Crippen LogP contribution in [-0.4, -0.2) is 32.6 Å². The molecule has 7 nitrogen and oxygen atoms in total. The van der Waals surface area contributed by atoms with Crippen molar-refractivity contribution in [2.24, 2.45) is 11.7 Å². The van der Waals surface area contributed by atoms with Crippen molar-refractivity contribution in [1.29, 1.82) is 0 Å². The molecule has 3 aromatic heterocycles. The van der Waals surface area contributed by atoms with E-state index in [0.29, 0.717) is 23.8 Å². The van der Waals surface area contributed by atoms with Crippen molar-refractivity contribution in [2.45, 2.75) is 83.0 Å². The number of hydrogen-bond donors (Lipinski definition) is 1. The Morgan fingerprint density at radius 3 is 2.63 bits per heavy atom. The third-order valence-corrected chi connectivity index (χ3v) is 8.09. The van der Waals surface area contributed by atoms with E-state index in [4.69, 9.17) is 30.2 Å². The third kappa shape index (κ3) is 3.96. The molecule has 4 heterocycles. The van der Waals surface area contributed by atoms with Gasteiger partial charge in [0.25, 0.3) is 0 Å². The highest BCUT2D eigenvalue weighted by atomic mass is 16.5. The Bertz CT molecular complexity index is 1340. The standard InChI is InChI=1S/C28H32N4O3/c1-15-16(2)34-26(33)20-8-7-18(32-24(15)20)11-19-12-21-22(13-30-19)25(35-27(3)9-10-27)31-14-23(21)28(4,29)17-5-6-17/h7-8,12-17H,5-6,9-11,29H2,1-4H3/t15-,16+,28+/m0/s1. The van der Waals surface area contributed by atoms with E-state index < -0.39 is 5.54 Å². The molecule has 2 aliphatic carbocycles. The summed E-state index contributed by atoms with van der Waals surface area (Å²) >= 11 is 0. The lowest BCUT2D eigenvalue weighted by atomic mass is 9.86. The summed E-state index contributed by atoms with van der Waals surface area (Å²) in [5, 5.41) is 1.95. The number of esters is 1. The van der Waals surface area contributed by atoms with Gasteiger partial charge in [-0.05, 0) is 81.5 Å². The molecule has 7 heteroatoms. The molecule has 0 spiro atoms. The summed E-state index contributed by atoms with van der Waals surface area (Å²) in [6.45, 7) is 8.18. The predicted molar refractivity (Wildman–Crippen MR) is 132 cm³/mol. The van der Waals surface area contributed by atoms with Gasteiger partial charge in [-0.15, -0.1) is 0 Å². The molecule has 0 unspecified atom stereocenters. The van der Waals surface area contributed by atoms with Gasteiger partial charge in [0.05, 0.1) is 16.6 Å². The minimum Gasteiger partial charge on any atom is -0.471 e. The van der Waals surface area contributed by atoms with Crippen LogP contribution in [0.3, 0.4) is 0 Å². The number of nitrogens with two attached hydrogens (primary N) is 1. The van der Waals surface area contributed by atoms with Crippen molar-refractivity contribution in [1.82, 2.24) is 15.0 Å². The number of hydrogen-bond acceptors (Lipinski definition) is 7. The van der Waals surface area contributed by atoms with Crippen LogP contribution in [0, 0.1) is 5.92 Å². The Balaban J connectivity index is 1.40. The molecule has 0 radical (unpaired) electrons. The smallest absolute Gasteiger partial charge is 0.340 e. The number of cyclic esters (lactones) is 1. The lowest BCUT2D eigenvalue weighted by Crippen LogP contribution is -2.35. The fraction of sp³-hybridized carbons (Fsp3) is 0.500. The van der Waals surface area contributed by atoms with E-state index >= 15 is 0 Å². The maximum Gasteiger partial charge on any atom is 0.340 e. The molecule has 2 saturated carbocycles. The second kappa shape index (κ2) is 7.72. The van der Waals surface area contributed by atoms with Gasteiger partial charge in [-0.25, -0.2) is 9.78 Å². The highest BCUT2D eigenvalue weighted by Gasteiger charge is 2.43. The lowest BCUT2D eigenvalue weighted by molar-refractivity contribution is 0.0234. The minimum absolute atomic E-state index is 0.0462. The molecular formula is C28H32N4O3. The van der Waals surface area contributed by atoms with Crippen LogP contribution in [0.5, 0.6) is 5.88 Å². The molecule has 0 saturated heterocycles. The first-order valence-electron chi connectivity index (χ1n) is 12.6. The van der Waals surface area contributed by atoms with Gasteiger partial charge in [0.15, 0.2) is 0 Å². The first kappa shape index (κ1) is 22.4. The SMILES string of the molecule is C[C@@H]1c2nc(Cc3cc4c([C@](C)(N)C5CC5)cnc(OC5(C)CC5)c4cn3)ccc2C(=O)O[C@@H]1C. The quantitative estimate of drug-likeness (QED) is 0.515. The average molecular weight is 473 g/mol. The molecule has 0 amide bonds. The maximum absolute atomic E-state index is 12.3. The van der Waals surface area contributed by atoms with Crippen LogP contribution in [0.4, 0.5) is 0 Å². The van der Waals surface area contributed by atoms with E-state index in [2.05, 4.69) is 19.9 Å². The maximum atomic E-state index is 12.3. The van der Waals surface area contributed by atoms with Gasteiger partial charge in [-0.2, -0.15) is 0 Å². The van der Waals surface area contributed by atoms with E-state index in [-0.39, 0.29) is 23.6 Å². The number of aromatic nitrogens is 3. The summed E-state index contributed by atoms with van der Waals surface area (Å²) in [5.74, 6) is 0.833. The van der Waals surface area contributed by atoms with Crippen molar-refractivity contribution in [2.75, 3.05) is 0 Å². The highest BCUT2D eigenvalue weighted by molar-refractivity contribution is 5.92. The zero-order valence-corrected chi connectivity index (χ0v) is 20.8. The summed E-state index contributed by atoms with van der Waals surface area (Å²) in [5.41, 5.74) is 10.4. The van der Waals surface area contributed by atoms with Crippen LogP contribution in [0.2, 0.25) is 0 Å². The van der Waals surface area contributed by atoms with E-state index in [1.165, 1.54) is 0 Å². The fourth-order valence-corrected chi connectivity index (χ4v) is 5.05. The van der Waals surface area contributed by atoms with Gasteiger partial charge in [-0.3, -0.25) is 9.97 Å². The van der Waals surface area contributed by atoms with Gasteiger partial charge in [0.2, 0.25) is 5.88 Å². The van der Waals surface area contributed by atoms with Gasteiger partial charge in [-0.1, -0.05) is 6.92 Å². The van der Waals surface area contributed by atoms with Crippen LogP contribution in [0.25, 0.3) is 10.8 Å². The van der Waals surface area contributed by atoms with Crippen molar-refractivity contribution >= 4 is 16.7 Å². The Kier molecular flexibility index (Phi) is 4.94. The normalized spacial score (nSPS) is 24.4. The second-order valence-electron chi connectivity index (χ2n) is 11.1. The summed E-state index contributed by atoms with van der Waals surface area (Å²) in [4.78, 5) is 26.6. The number of fused-ring (bicyclic) bond motifs is 2. The van der Waals surface area contributed by atoms with Crippen LogP contribution >= 0.6 is 0 Å². The molecule has 2 fully saturated rings. The zero-order valence-electron chi connectivity index (χ0n) is 20.8. The number of carbonyl (C=O) groups is 1. The fourth-order valence-electron chi connectivity index (χ4n) is 5.05. The van der Waals surface area contributed by atoms with Crippen LogP contribution in [0.15, 0.2) is 30.6 Å². The van der Waals surface area contributed by atoms with E-state index in [9.17, 15) is 4.79 Å². The highest BCUT2D eigenvalue weighted by Crippen LogP contribution is 2.47. The Labute approximate surface area is 205 Å². The average Bonchev–Trinajstić information content (AvgIpc) is 3.74. The second-order valence-corrected chi connectivity index (χ2v) is 11.1. The van der Waals surface area contributed by atoms with Crippen molar-refractivity contribution in [3.63, 3.8) is 0 Å². The number of nitrogens with zero attached hydrogens (tertiary/aromatic N) is 3. The van der Waals surface area contributed by atoms with E-state index in [1.807, 2.05) is 38.4 Å². The van der Waals surface area contributed by atoms with Crippen molar-refractivity contribution in [3.05, 3.63) is 58.8 Å². The molecule has 3 aliphatic rings. The Morgan fingerprint density at radius 2 is 1.91 bits per heavy atom. The molecule has 3 aromatic rings. The number of rotatable bonds is 6. The summed E-state index contributed by atoms with van der Waals surface area (Å²) in [7, 11) is 0. The molecule has 35 heavy (non-hydrogen) atoms. The number of pyridine rings is 3. The van der Waals surface area contributed by atoms with Gasteiger partial charge >= 0.3 is 5.97 Å². The molecule has 0 bridgehead atoms. The van der Waals surface area contributed by atoms with Crippen molar-refractivity contribution < 1.29 is 14.3 Å². The first-order chi connectivity index (χ1) is 16.6. The minimum atomic E-state index is -0.456. The Morgan fingerprint density at radius 1 is 1.14 bits per heavy atom. The first-order valence-corrected chi connectivity index (χ1v) is 12.6. The third-order valence-electron chi connectivity index (χ3n) is 8.09. The summed E-state index contributed by atoms with van der Waals surface area (Å²) in [6, 6.07) is 5.83. The van der Waals surface area contributed by atoms with Crippen LogP contribution < -0.4 is 10.5 Å². The van der Waals surface area contributed by atoms with E-state index in [1.54, 1.807) is 0 Å². The summed E-state index contributed by atoms with van der Waals surface area (Å²) in [6.07, 6.45) is 8.48. The molecule has 0 aromatic carbocycles. The molecule has 2 N–H and O–H groups in total. The van der Waals surface area contributed by atoms with Crippen molar-refractivity contribution in [3.8, 4) is 5.88 Å². The van der Waals surface area contributed by atoms with Gasteiger partial charge < -0.3 is 15.2 Å². The molecule has 6 rings (SSSR count). The zero-order chi connectivity index (χ0) is 24.5. The van der Waals surface area contributed by atoms with Crippen LogP contribution in [-0.2, 0) is 16.7 Å². The number of carbonyl (C=O) groups excluding carboxylic acids is 1. The molecule has 1 aliphatic heterocycles. The molecule has 182 valence electrons. The monoisotopic (exact) mass is 472 g/mol.